The topological polar surface area (TPSA) is 46.5 Å². The fourth-order valence-corrected chi connectivity index (χ4v) is 2.06. The molecule has 0 bridgehead atoms. The minimum Gasteiger partial charge on any atom is -0.496 e. The standard InChI is InChI=1S/C13H18O3/c1-5-11(13(14)15)10-6-8(2)12(16-4)9(3)7-10/h6-7,11H,5H2,1-4H3,(H,14,15). The van der Waals surface area contributed by atoms with E-state index in [1.54, 1.807) is 7.11 Å². The average molecular weight is 222 g/mol. The summed E-state index contributed by atoms with van der Waals surface area (Å²) in [6, 6.07) is 3.79. The Balaban J connectivity index is 3.21. The van der Waals surface area contributed by atoms with Crippen LogP contribution < -0.4 is 4.74 Å². The van der Waals surface area contributed by atoms with Gasteiger partial charge < -0.3 is 9.84 Å². The molecule has 1 unspecified atom stereocenters. The first kappa shape index (κ1) is 12.6. The summed E-state index contributed by atoms with van der Waals surface area (Å²) in [5.41, 5.74) is 2.82. The van der Waals surface area contributed by atoms with Gasteiger partial charge in [-0.05, 0) is 37.0 Å². The Morgan fingerprint density at radius 3 is 2.19 bits per heavy atom. The van der Waals surface area contributed by atoms with Crippen LogP contribution in [0.2, 0.25) is 0 Å². The van der Waals surface area contributed by atoms with Crippen molar-refractivity contribution in [3.63, 3.8) is 0 Å². The molecule has 0 aliphatic carbocycles. The Labute approximate surface area is 96.1 Å². The van der Waals surface area contributed by atoms with E-state index in [4.69, 9.17) is 9.84 Å². The average Bonchev–Trinajstić information content (AvgIpc) is 2.17. The van der Waals surface area contributed by atoms with Gasteiger partial charge in [0.05, 0.1) is 13.0 Å². The van der Waals surface area contributed by atoms with Gasteiger partial charge in [-0.3, -0.25) is 4.79 Å². The molecule has 3 heteroatoms. The molecule has 1 rings (SSSR count). The van der Waals surface area contributed by atoms with Gasteiger partial charge in [-0.1, -0.05) is 19.1 Å². The lowest BCUT2D eigenvalue weighted by molar-refractivity contribution is -0.138. The summed E-state index contributed by atoms with van der Waals surface area (Å²) in [7, 11) is 1.63. The zero-order valence-corrected chi connectivity index (χ0v) is 10.2. The second-order valence-corrected chi connectivity index (χ2v) is 3.99. The normalized spacial score (nSPS) is 12.2. The molecule has 16 heavy (non-hydrogen) atoms. The van der Waals surface area contributed by atoms with Crippen LogP contribution in [-0.2, 0) is 4.79 Å². The molecule has 0 amide bonds. The van der Waals surface area contributed by atoms with Gasteiger partial charge in [0, 0.05) is 0 Å². The molecule has 1 N–H and O–H groups in total. The largest absolute Gasteiger partial charge is 0.496 e. The number of aliphatic carboxylic acids is 1. The Hall–Kier alpha value is -1.51. The molecule has 1 aromatic carbocycles. The zero-order valence-electron chi connectivity index (χ0n) is 10.2. The predicted octanol–water partition coefficient (Wildman–Crippen LogP) is 2.89. The SMILES string of the molecule is CCC(C(=O)O)c1cc(C)c(OC)c(C)c1. The van der Waals surface area contributed by atoms with Crippen LogP contribution in [0.25, 0.3) is 0 Å². The van der Waals surface area contributed by atoms with E-state index in [0.29, 0.717) is 6.42 Å². The molecule has 1 atom stereocenters. The van der Waals surface area contributed by atoms with E-state index in [9.17, 15) is 4.79 Å². The van der Waals surface area contributed by atoms with Crippen LogP contribution in [0.4, 0.5) is 0 Å². The highest BCUT2D eigenvalue weighted by Gasteiger charge is 2.19. The third-order valence-corrected chi connectivity index (χ3v) is 2.80. The first-order valence-corrected chi connectivity index (χ1v) is 5.39. The summed E-state index contributed by atoms with van der Waals surface area (Å²) in [5.74, 6) is -0.362. The quantitative estimate of drug-likeness (QED) is 0.852. The third kappa shape index (κ3) is 2.35. The van der Waals surface area contributed by atoms with Gasteiger partial charge in [-0.2, -0.15) is 0 Å². The number of benzene rings is 1. The van der Waals surface area contributed by atoms with Gasteiger partial charge in [-0.25, -0.2) is 0 Å². The molecule has 3 nitrogen and oxygen atoms in total. The molecule has 1 aromatic rings. The molecule has 0 saturated carbocycles. The minimum atomic E-state index is -0.772. The fraction of sp³-hybridized carbons (Fsp3) is 0.462. The van der Waals surface area contributed by atoms with Gasteiger partial charge in [0.2, 0.25) is 0 Å². The summed E-state index contributed by atoms with van der Waals surface area (Å²) < 4.78 is 5.26. The monoisotopic (exact) mass is 222 g/mol. The molecular weight excluding hydrogens is 204 g/mol. The molecule has 0 saturated heterocycles. The van der Waals surface area contributed by atoms with Crippen molar-refractivity contribution in [2.75, 3.05) is 7.11 Å². The first-order valence-electron chi connectivity index (χ1n) is 5.39. The van der Waals surface area contributed by atoms with Crippen LogP contribution in [0.5, 0.6) is 5.75 Å². The second-order valence-electron chi connectivity index (χ2n) is 3.99. The van der Waals surface area contributed by atoms with E-state index in [0.717, 1.165) is 22.4 Å². The molecule has 0 aliphatic rings. The molecule has 0 radical (unpaired) electrons. The Kier molecular flexibility index (Phi) is 3.93. The number of ether oxygens (including phenoxy) is 1. The number of carbonyl (C=O) groups is 1. The number of hydrogen-bond donors (Lipinski definition) is 1. The molecule has 88 valence electrons. The number of carboxylic acid groups (broad SMARTS) is 1. The predicted molar refractivity (Wildman–Crippen MR) is 63.1 cm³/mol. The number of carboxylic acids is 1. The van der Waals surface area contributed by atoms with Crippen molar-refractivity contribution in [2.24, 2.45) is 0 Å². The van der Waals surface area contributed by atoms with Crippen molar-refractivity contribution < 1.29 is 14.6 Å². The van der Waals surface area contributed by atoms with Crippen molar-refractivity contribution in [2.45, 2.75) is 33.1 Å². The smallest absolute Gasteiger partial charge is 0.310 e. The second kappa shape index (κ2) is 5.01. The highest BCUT2D eigenvalue weighted by molar-refractivity contribution is 5.76. The van der Waals surface area contributed by atoms with Gasteiger partial charge in [0.25, 0.3) is 0 Å². The number of aryl methyl sites for hydroxylation is 2. The van der Waals surface area contributed by atoms with Crippen LogP contribution in [0, 0.1) is 13.8 Å². The molecular formula is C13H18O3. The lowest BCUT2D eigenvalue weighted by Crippen LogP contribution is -2.11. The summed E-state index contributed by atoms with van der Waals surface area (Å²) >= 11 is 0. The summed E-state index contributed by atoms with van der Waals surface area (Å²) in [6.45, 7) is 5.75. The lowest BCUT2D eigenvalue weighted by Gasteiger charge is -2.15. The van der Waals surface area contributed by atoms with Gasteiger partial charge in [-0.15, -0.1) is 0 Å². The lowest BCUT2D eigenvalue weighted by atomic mass is 9.93. The van der Waals surface area contributed by atoms with Crippen molar-refractivity contribution >= 4 is 5.97 Å². The van der Waals surface area contributed by atoms with Crippen LogP contribution in [-0.4, -0.2) is 18.2 Å². The third-order valence-electron chi connectivity index (χ3n) is 2.80. The van der Waals surface area contributed by atoms with Crippen molar-refractivity contribution in [3.8, 4) is 5.75 Å². The highest BCUT2D eigenvalue weighted by atomic mass is 16.5. The number of methoxy groups -OCH3 is 1. The van der Waals surface area contributed by atoms with Gasteiger partial charge >= 0.3 is 5.97 Å². The molecule has 0 aromatic heterocycles. The Morgan fingerprint density at radius 2 is 1.88 bits per heavy atom. The van der Waals surface area contributed by atoms with Crippen LogP contribution >= 0.6 is 0 Å². The van der Waals surface area contributed by atoms with Gasteiger partial charge in [0.15, 0.2) is 0 Å². The Bertz CT molecular complexity index is 373. The highest BCUT2D eigenvalue weighted by Crippen LogP contribution is 2.29. The minimum absolute atomic E-state index is 0.427. The summed E-state index contributed by atoms with van der Waals surface area (Å²) in [6.07, 6.45) is 0.598. The Morgan fingerprint density at radius 1 is 1.38 bits per heavy atom. The zero-order chi connectivity index (χ0) is 12.3. The van der Waals surface area contributed by atoms with E-state index in [-0.39, 0.29) is 0 Å². The number of rotatable bonds is 4. The van der Waals surface area contributed by atoms with E-state index in [2.05, 4.69) is 0 Å². The van der Waals surface area contributed by atoms with E-state index in [1.807, 2.05) is 32.9 Å². The first-order chi connectivity index (χ1) is 7.51. The maximum Gasteiger partial charge on any atom is 0.310 e. The molecule has 0 heterocycles. The van der Waals surface area contributed by atoms with Crippen molar-refractivity contribution in [1.29, 1.82) is 0 Å². The van der Waals surface area contributed by atoms with E-state index in [1.165, 1.54) is 0 Å². The maximum absolute atomic E-state index is 11.1. The van der Waals surface area contributed by atoms with E-state index >= 15 is 0 Å². The molecule has 0 fully saturated rings. The fourth-order valence-electron chi connectivity index (χ4n) is 2.06. The van der Waals surface area contributed by atoms with E-state index < -0.39 is 11.9 Å². The van der Waals surface area contributed by atoms with Crippen LogP contribution in [0.15, 0.2) is 12.1 Å². The van der Waals surface area contributed by atoms with Crippen LogP contribution in [0.3, 0.4) is 0 Å². The van der Waals surface area contributed by atoms with Gasteiger partial charge in [0.1, 0.15) is 5.75 Å². The molecule has 0 spiro atoms. The van der Waals surface area contributed by atoms with Crippen molar-refractivity contribution in [1.82, 2.24) is 0 Å². The summed E-state index contributed by atoms with van der Waals surface area (Å²) in [4.78, 5) is 11.1. The number of hydrogen-bond acceptors (Lipinski definition) is 2. The molecule has 0 aliphatic heterocycles. The van der Waals surface area contributed by atoms with Crippen molar-refractivity contribution in [3.05, 3.63) is 28.8 Å². The summed E-state index contributed by atoms with van der Waals surface area (Å²) in [5, 5.41) is 9.10. The maximum atomic E-state index is 11.1. The van der Waals surface area contributed by atoms with Crippen LogP contribution in [0.1, 0.15) is 36.0 Å².